The van der Waals surface area contributed by atoms with E-state index < -0.39 is 20.2 Å². The molecule has 170 valence electrons. The summed E-state index contributed by atoms with van der Waals surface area (Å²) >= 11 is 0. The van der Waals surface area contributed by atoms with Crippen LogP contribution in [0.3, 0.4) is 0 Å². The lowest BCUT2D eigenvalue weighted by molar-refractivity contribution is 0.0535. The number of benzene rings is 3. The van der Waals surface area contributed by atoms with E-state index in [-0.39, 0.29) is 29.8 Å². The first-order chi connectivity index (χ1) is 15.2. The van der Waals surface area contributed by atoms with E-state index in [1.807, 2.05) is 44.2 Å². The van der Waals surface area contributed by atoms with Gasteiger partial charge in [-0.1, -0.05) is 65.7 Å². The van der Waals surface area contributed by atoms with Gasteiger partial charge in [-0.25, -0.2) is 0 Å². The van der Waals surface area contributed by atoms with Crippen LogP contribution in [0.5, 0.6) is 0 Å². The largest absolute Gasteiger partial charge is 0.298 e. The minimum Gasteiger partial charge on any atom is -0.251 e. The molecule has 0 spiro atoms. The van der Waals surface area contributed by atoms with E-state index in [2.05, 4.69) is 0 Å². The van der Waals surface area contributed by atoms with E-state index in [4.69, 9.17) is 8.37 Å². The molecule has 0 heterocycles. The normalized spacial score (nSPS) is 12.2. The van der Waals surface area contributed by atoms with Crippen LogP contribution in [-0.4, -0.2) is 35.2 Å². The smallest absolute Gasteiger partial charge is 0.251 e. The molecule has 3 aromatic rings. The Morgan fingerprint density at radius 1 is 0.625 bits per heavy atom. The molecule has 0 aliphatic carbocycles. The first-order valence-corrected chi connectivity index (χ1v) is 12.7. The van der Waals surface area contributed by atoms with Crippen LogP contribution < -0.4 is 0 Å². The molecule has 0 saturated carbocycles. The molecule has 32 heavy (non-hydrogen) atoms. The van der Waals surface area contributed by atoms with Crippen LogP contribution in [0.25, 0.3) is 0 Å². The van der Waals surface area contributed by atoms with Crippen molar-refractivity contribution in [2.24, 2.45) is 0 Å². The van der Waals surface area contributed by atoms with E-state index in [0.29, 0.717) is 0 Å². The standard InChI is InChI=1S/C23H25NO6S2/c1-19-8-12-22(13-9-19)31(25,26)29-17-24(16-21-6-4-3-5-7-21)18-30-32(27,28)23-14-10-20(2)11-15-23/h3-15H,16-18H2,1-2H3. The summed E-state index contributed by atoms with van der Waals surface area (Å²) < 4.78 is 60.6. The molecule has 3 aromatic carbocycles. The van der Waals surface area contributed by atoms with Gasteiger partial charge in [0.05, 0.1) is 9.79 Å². The van der Waals surface area contributed by atoms with E-state index in [9.17, 15) is 16.8 Å². The van der Waals surface area contributed by atoms with Gasteiger partial charge in [-0.15, -0.1) is 0 Å². The molecule has 0 aliphatic heterocycles. The summed E-state index contributed by atoms with van der Waals surface area (Å²) in [6, 6.07) is 21.8. The second-order valence-corrected chi connectivity index (χ2v) is 10.6. The summed E-state index contributed by atoms with van der Waals surface area (Å²) in [7, 11) is -8.04. The Hall–Kier alpha value is -2.56. The third-order valence-electron chi connectivity index (χ3n) is 4.65. The van der Waals surface area contributed by atoms with E-state index in [0.717, 1.165) is 16.7 Å². The van der Waals surface area contributed by atoms with Crippen LogP contribution in [-0.2, 0) is 35.1 Å². The molecule has 0 saturated heterocycles. The second-order valence-electron chi connectivity index (χ2n) is 7.34. The minimum atomic E-state index is -4.02. The summed E-state index contributed by atoms with van der Waals surface area (Å²) in [4.78, 5) is 1.50. The molecule has 0 aliphatic rings. The Morgan fingerprint density at radius 3 is 1.44 bits per heavy atom. The predicted octanol–water partition coefficient (Wildman–Crippen LogP) is 3.83. The fraction of sp³-hybridized carbons (Fsp3) is 0.217. The summed E-state index contributed by atoms with van der Waals surface area (Å²) in [5.41, 5.74) is 2.69. The van der Waals surface area contributed by atoms with Crippen LogP contribution in [0.2, 0.25) is 0 Å². The Morgan fingerprint density at radius 2 is 1.03 bits per heavy atom. The zero-order valence-corrected chi connectivity index (χ0v) is 19.5. The summed E-state index contributed by atoms with van der Waals surface area (Å²) in [5.74, 6) is 0. The molecule has 3 rings (SSSR count). The van der Waals surface area contributed by atoms with Gasteiger partial charge in [-0.05, 0) is 43.7 Å². The zero-order chi connectivity index (χ0) is 23.2. The highest BCUT2D eigenvalue weighted by Gasteiger charge is 2.21. The Labute approximate surface area is 189 Å². The zero-order valence-electron chi connectivity index (χ0n) is 17.8. The fourth-order valence-electron chi connectivity index (χ4n) is 2.80. The predicted molar refractivity (Wildman–Crippen MR) is 121 cm³/mol. The van der Waals surface area contributed by atoms with Crippen molar-refractivity contribution in [3.8, 4) is 0 Å². The molecule has 9 heteroatoms. The minimum absolute atomic E-state index is 0.0240. The van der Waals surface area contributed by atoms with Crippen LogP contribution in [0, 0.1) is 13.8 Å². The SMILES string of the molecule is Cc1ccc(S(=O)(=O)OCN(COS(=O)(=O)c2ccc(C)cc2)Cc2ccccc2)cc1. The van der Waals surface area contributed by atoms with Crippen LogP contribution >= 0.6 is 0 Å². The van der Waals surface area contributed by atoms with E-state index in [1.54, 1.807) is 24.3 Å². The Bertz CT molecular complexity index is 1140. The lowest BCUT2D eigenvalue weighted by Gasteiger charge is -2.21. The average molecular weight is 476 g/mol. The van der Waals surface area contributed by atoms with Crippen molar-refractivity contribution < 1.29 is 25.2 Å². The van der Waals surface area contributed by atoms with Crippen LogP contribution in [0.1, 0.15) is 16.7 Å². The molecule has 0 aromatic heterocycles. The van der Waals surface area contributed by atoms with Crippen molar-refractivity contribution in [1.82, 2.24) is 4.90 Å². The highest BCUT2D eigenvalue weighted by atomic mass is 32.2. The lowest BCUT2D eigenvalue weighted by atomic mass is 10.2. The molecule has 0 atom stereocenters. The van der Waals surface area contributed by atoms with Crippen molar-refractivity contribution in [2.75, 3.05) is 13.5 Å². The quantitative estimate of drug-likeness (QED) is 0.325. The van der Waals surface area contributed by atoms with Crippen molar-refractivity contribution >= 4 is 20.2 Å². The van der Waals surface area contributed by atoms with Crippen molar-refractivity contribution in [3.63, 3.8) is 0 Å². The topological polar surface area (TPSA) is 90.0 Å². The maximum absolute atomic E-state index is 12.5. The van der Waals surface area contributed by atoms with Gasteiger partial charge in [0, 0.05) is 6.54 Å². The number of hydrogen-bond donors (Lipinski definition) is 0. The second kappa shape index (κ2) is 10.4. The van der Waals surface area contributed by atoms with Crippen molar-refractivity contribution in [3.05, 3.63) is 95.6 Å². The van der Waals surface area contributed by atoms with Gasteiger partial charge < -0.3 is 0 Å². The first kappa shape index (κ1) is 24.1. The lowest BCUT2D eigenvalue weighted by Crippen LogP contribution is -2.31. The van der Waals surface area contributed by atoms with E-state index >= 15 is 0 Å². The summed E-state index contributed by atoms with van der Waals surface area (Å²) in [6.07, 6.45) is 0. The van der Waals surface area contributed by atoms with Crippen molar-refractivity contribution in [1.29, 1.82) is 0 Å². The Kier molecular flexibility index (Phi) is 7.81. The van der Waals surface area contributed by atoms with Gasteiger partial charge in [0.15, 0.2) is 0 Å². The maximum atomic E-state index is 12.5. The number of aryl methyl sites for hydroxylation is 2. The molecular weight excluding hydrogens is 450 g/mol. The highest BCUT2D eigenvalue weighted by Crippen LogP contribution is 2.17. The molecule has 0 radical (unpaired) electrons. The molecule has 0 amide bonds. The average Bonchev–Trinajstić information content (AvgIpc) is 2.77. The monoisotopic (exact) mass is 475 g/mol. The van der Waals surface area contributed by atoms with Gasteiger partial charge >= 0.3 is 0 Å². The van der Waals surface area contributed by atoms with Crippen LogP contribution in [0.4, 0.5) is 0 Å². The van der Waals surface area contributed by atoms with E-state index in [1.165, 1.54) is 29.2 Å². The summed E-state index contributed by atoms with van der Waals surface area (Å²) in [6.45, 7) is 3.17. The number of hydrogen-bond acceptors (Lipinski definition) is 7. The Balaban J connectivity index is 1.73. The first-order valence-electron chi connectivity index (χ1n) is 9.84. The molecule has 7 nitrogen and oxygen atoms in total. The van der Waals surface area contributed by atoms with Gasteiger partial charge in [0.25, 0.3) is 20.2 Å². The molecule has 0 N–H and O–H groups in total. The molecule has 0 fully saturated rings. The van der Waals surface area contributed by atoms with Gasteiger partial charge in [0.1, 0.15) is 13.5 Å². The molecule has 0 bridgehead atoms. The van der Waals surface area contributed by atoms with Crippen LogP contribution in [0.15, 0.2) is 88.7 Å². The highest BCUT2D eigenvalue weighted by molar-refractivity contribution is 7.87. The molecule has 0 unspecified atom stereocenters. The number of nitrogens with zero attached hydrogens (tertiary/aromatic N) is 1. The maximum Gasteiger partial charge on any atom is 0.298 e. The molecular formula is C23H25NO6S2. The fourth-order valence-corrected chi connectivity index (χ4v) is 4.59. The summed E-state index contributed by atoms with van der Waals surface area (Å²) in [5, 5.41) is 0. The number of rotatable bonds is 10. The third kappa shape index (κ3) is 6.72. The third-order valence-corrected chi connectivity index (χ3v) is 7.18. The van der Waals surface area contributed by atoms with Gasteiger partial charge in [0.2, 0.25) is 0 Å². The van der Waals surface area contributed by atoms with Gasteiger partial charge in [-0.3, -0.25) is 13.3 Å². The van der Waals surface area contributed by atoms with Gasteiger partial charge in [-0.2, -0.15) is 16.8 Å². The van der Waals surface area contributed by atoms with Crippen molar-refractivity contribution in [2.45, 2.75) is 30.2 Å².